The van der Waals surface area contributed by atoms with E-state index in [1.807, 2.05) is 68.4 Å². The normalized spacial score (nSPS) is 10.9. The molecular formula is C21H19N5OS. The second-order valence-electron chi connectivity index (χ2n) is 6.56. The van der Waals surface area contributed by atoms with Crippen LogP contribution < -0.4 is 5.32 Å². The van der Waals surface area contributed by atoms with E-state index in [0.717, 1.165) is 27.7 Å². The van der Waals surface area contributed by atoms with Gasteiger partial charge in [0.1, 0.15) is 0 Å². The molecule has 1 N–H and O–H groups in total. The standard InChI is InChI=1S/C21H19N5OS/c1-14-7-10-19(15(2)11-14)26-21(23-24-25-26)28-13-20(27)22-18-9-8-16-5-3-4-6-17(16)12-18/h3-12H,13H2,1-2H3,(H,22,27). The van der Waals surface area contributed by atoms with Gasteiger partial charge >= 0.3 is 0 Å². The van der Waals surface area contributed by atoms with Crippen LogP contribution in [-0.4, -0.2) is 31.9 Å². The number of aromatic nitrogens is 4. The Kier molecular flexibility index (Phi) is 5.08. The fourth-order valence-electron chi connectivity index (χ4n) is 3.06. The third kappa shape index (κ3) is 3.89. The molecule has 0 aliphatic heterocycles. The van der Waals surface area contributed by atoms with Crippen LogP contribution in [0.2, 0.25) is 0 Å². The van der Waals surface area contributed by atoms with Crippen molar-refractivity contribution in [1.29, 1.82) is 0 Å². The second kappa shape index (κ2) is 7.82. The first-order chi connectivity index (χ1) is 13.6. The number of benzene rings is 3. The highest BCUT2D eigenvalue weighted by Crippen LogP contribution is 2.22. The Morgan fingerprint density at radius 2 is 1.86 bits per heavy atom. The molecule has 140 valence electrons. The van der Waals surface area contributed by atoms with Gasteiger partial charge < -0.3 is 5.32 Å². The lowest BCUT2D eigenvalue weighted by Gasteiger charge is -2.09. The van der Waals surface area contributed by atoms with Crippen molar-refractivity contribution >= 4 is 34.1 Å². The Labute approximate surface area is 167 Å². The smallest absolute Gasteiger partial charge is 0.234 e. The largest absolute Gasteiger partial charge is 0.325 e. The summed E-state index contributed by atoms with van der Waals surface area (Å²) >= 11 is 1.31. The summed E-state index contributed by atoms with van der Waals surface area (Å²) in [4.78, 5) is 12.4. The first kappa shape index (κ1) is 18.2. The number of hydrogen-bond donors (Lipinski definition) is 1. The summed E-state index contributed by atoms with van der Waals surface area (Å²) in [5.74, 6) is 0.119. The molecule has 1 heterocycles. The van der Waals surface area contributed by atoms with Crippen molar-refractivity contribution in [1.82, 2.24) is 20.2 Å². The zero-order valence-corrected chi connectivity index (χ0v) is 16.4. The fraction of sp³-hybridized carbons (Fsp3) is 0.143. The van der Waals surface area contributed by atoms with Gasteiger partial charge in [-0.25, -0.2) is 0 Å². The van der Waals surface area contributed by atoms with Crippen molar-refractivity contribution in [3.05, 3.63) is 71.8 Å². The fourth-order valence-corrected chi connectivity index (χ4v) is 3.74. The van der Waals surface area contributed by atoms with Crippen molar-refractivity contribution in [3.63, 3.8) is 0 Å². The van der Waals surface area contributed by atoms with Crippen LogP contribution in [0, 0.1) is 13.8 Å². The van der Waals surface area contributed by atoms with Gasteiger partial charge in [0.15, 0.2) is 0 Å². The quantitative estimate of drug-likeness (QED) is 0.519. The molecule has 4 rings (SSSR count). The van der Waals surface area contributed by atoms with Crippen LogP contribution in [0.3, 0.4) is 0 Å². The van der Waals surface area contributed by atoms with E-state index in [2.05, 4.69) is 26.9 Å². The van der Waals surface area contributed by atoms with Crippen LogP contribution in [0.15, 0.2) is 65.8 Å². The summed E-state index contributed by atoms with van der Waals surface area (Å²) < 4.78 is 1.67. The molecule has 1 aromatic heterocycles. The van der Waals surface area contributed by atoms with E-state index in [9.17, 15) is 4.79 Å². The predicted molar refractivity (Wildman–Crippen MR) is 112 cm³/mol. The minimum atomic E-state index is -0.101. The first-order valence-electron chi connectivity index (χ1n) is 8.87. The molecule has 1 amide bonds. The summed E-state index contributed by atoms with van der Waals surface area (Å²) in [6, 6.07) is 20.0. The molecule has 0 aliphatic rings. The van der Waals surface area contributed by atoms with Crippen LogP contribution in [0.25, 0.3) is 16.5 Å². The maximum atomic E-state index is 12.4. The van der Waals surface area contributed by atoms with E-state index >= 15 is 0 Å². The molecule has 6 nitrogen and oxygen atoms in total. The predicted octanol–water partition coefficient (Wildman–Crippen LogP) is 4.16. The minimum Gasteiger partial charge on any atom is -0.325 e. The van der Waals surface area contributed by atoms with E-state index in [-0.39, 0.29) is 11.7 Å². The van der Waals surface area contributed by atoms with Crippen LogP contribution in [0.4, 0.5) is 5.69 Å². The average molecular weight is 389 g/mol. The highest BCUT2D eigenvalue weighted by molar-refractivity contribution is 7.99. The number of tetrazole rings is 1. The maximum Gasteiger partial charge on any atom is 0.234 e. The molecule has 0 bridgehead atoms. The molecule has 0 spiro atoms. The van der Waals surface area contributed by atoms with Crippen LogP contribution in [-0.2, 0) is 4.79 Å². The Balaban J connectivity index is 1.44. The molecule has 0 atom stereocenters. The zero-order chi connectivity index (χ0) is 19.5. The number of nitrogens with one attached hydrogen (secondary N) is 1. The number of carbonyl (C=O) groups is 1. The molecule has 0 fully saturated rings. The molecule has 7 heteroatoms. The summed E-state index contributed by atoms with van der Waals surface area (Å²) in [6.45, 7) is 4.06. The number of carbonyl (C=O) groups excluding carboxylic acids is 1. The van der Waals surface area contributed by atoms with Gasteiger partial charge in [-0.1, -0.05) is 59.8 Å². The Morgan fingerprint density at radius 1 is 1.04 bits per heavy atom. The third-order valence-corrected chi connectivity index (χ3v) is 5.31. The number of anilines is 1. The lowest BCUT2D eigenvalue weighted by Crippen LogP contribution is -2.14. The molecule has 0 radical (unpaired) electrons. The first-order valence-corrected chi connectivity index (χ1v) is 9.86. The van der Waals surface area contributed by atoms with Crippen molar-refractivity contribution in [2.45, 2.75) is 19.0 Å². The Bertz CT molecular complexity index is 1150. The molecule has 4 aromatic rings. The summed E-state index contributed by atoms with van der Waals surface area (Å²) in [5, 5.41) is 17.7. The van der Waals surface area contributed by atoms with Gasteiger partial charge in [-0.3, -0.25) is 4.79 Å². The summed E-state index contributed by atoms with van der Waals surface area (Å²) in [5.41, 5.74) is 3.94. The number of fused-ring (bicyclic) bond motifs is 1. The molecular weight excluding hydrogens is 370 g/mol. The van der Waals surface area contributed by atoms with E-state index in [1.165, 1.54) is 17.3 Å². The monoisotopic (exact) mass is 389 g/mol. The molecule has 0 saturated heterocycles. The number of aryl methyl sites for hydroxylation is 2. The van der Waals surface area contributed by atoms with E-state index in [1.54, 1.807) is 4.68 Å². The van der Waals surface area contributed by atoms with Gasteiger partial charge in [-0.15, -0.1) is 5.10 Å². The molecule has 0 aliphatic carbocycles. The lowest BCUT2D eigenvalue weighted by molar-refractivity contribution is -0.113. The third-order valence-electron chi connectivity index (χ3n) is 4.39. The van der Waals surface area contributed by atoms with Crippen LogP contribution in [0.1, 0.15) is 11.1 Å². The maximum absolute atomic E-state index is 12.4. The van der Waals surface area contributed by atoms with Crippen molar-refractivity contribution in [2.75, 3.05) is 11.1 Å². The number of hydrogen-bond acceptors (Lipinski definition) is 5. The topological polar surface area (TPSA) is 72.7 Å². The average Bonchev–Trinajstić information content (AvgIpc) is 3.14. The van der Waals surface area contributed by atoms with Crippen molar-refractivity contribution in [2.24, 2.45) is 0 Å². The van der Waals surface area contributed by atoms with Gasteiger partial charge in [-0.05, 0) is 58.8 Å². The van der Waals surface area contributed by atoms with Gasteiger partial charge in [-0.2, -0.15) is 4.68 Å². The van der Waals surface area contributed by atoms with Crippen LogP contribution in [0.5, 0.6) is 0 Å². The Hall–Kier alpha value is -3.19. The van der Waals surface area contributed by atoms with Crippen molar-refractivity contribution in [3.8, 4) is 5.69 Å². The SMILES string of the molecule is Cc1ccc(-n2nnnc2SCC(=O)Nc2ccc3ccccc3c2)c(C)c1. The minimum absolute atomic E-state index is 0.101. The Morgan fingerprint density at radius 3 is 2.68 bits per heavy atom. The van der Waals surface area contributed by atoms with Crippen LogP contribution >= 0.6 is 11.8 Å². The van der Waals surface area contributed by atoms with Gasteiger partial charge in [0.2, 0.25) is 11.1 Å². The lowest BCUT2D eigenvalue weighted by atomic mass is 10.1. The molecule has 3 aromatic carbocycles. The highest BCUT2D eigenvalue weighted by Gasteiger charge is 2.13. The summed E-state index contributed by atoms with van der Waals surface area (Å²) in [6.07, 6.45) is 0. The van der Waals surface area contributed by atoms with E-state index < -0.39 is 0 Å². The summed E-state index contributed by atoms with van der Waals surface area (Å²) in [7, 11) is 0. The van der Waals surface area contributed by atoms with Gasteiger partial charge in [0.25, 0.3) is 0 Å². The molecule has 28 heavy (non-hydrogen) atoms. The number of rotatable bonds is 5. The van der Waals surface area contributed by atoms with Gasteiger partial charge in [0, 0.05) is 5.69 Å². The second-order valence-corrected chi connectivity index (χ2v) is 7.50. The molecule has 0 unspecified atom stereocenters. The van der Waals surface area contributed by atoms with E-state index in [4.69, 9.17) is 0 Å². The highest BCUT2D eigenvalue weighted by atomic mass is 32.2. The van der Waals surface area contributed by atoms with E-state index in [0.29, 0.717) is 5.16 Å². The van der Waals surface area contributed by atoms with Gasteiger partial charge in [0.05, 0.1) is 11.4 Å². The zero-order valence-electron chi connectivity index (χ0n) is 15.6. The number of thioether (sulfide) groups is 1. The molecule has 0 saturated carbocycles. The number of nitrogens with zero attached hydrogens (tertiary/aromatic N) is 4. The number of amides is 1. The van der Waals surface area contributed by atoms with Crippen molar-refractivity contribution < 1.29 is 4.79 Å².